The third-order valence-corrected chi connectivity index (χ3v) is 13.6. The normalized spacial score (nSPS) is 12.1. The van der Waals surface area contributed by atoms with Crippen molar-refractivity contribution >= 4 is 107 Å². The molecule has 13 aromatic rings. The van der Waals surface area contributed by atoms with Crippen molar-refractivity contribution in [1.82, 2.24) is 0 Å². The maximum Gasteiger partial charge on any atom is 0.153 e. The molecule has 0 unspecified atom stereocenters. The number of furan rings is 1. The third kappa shape index (κ3) is 4.52. The molecule has 0 aliphatic carbocycles. The molecule has 0 aliphatic heterocycles. The van der Waals surface area contributed by atoms with Crippen LogP contribution in [0.2, 0.25) is 0 Å². The van der Waals surface area contributed by atoms with E-state index in [4.69, 9.17) is 4.42 Å². The van der Waals surface area contributed by atoms with E-state index in [9.17, 15) is 0 Å². The summed E-state index contributed by atoms with van der Waals surface area (Å²) in [5, 5.41) is 17.5. The van der Waals surface area contributed by atoms with Gasteiger partial charge < -0.3 is 4.42 Å². The number of para-hydroxylation sites is 1. The van der Waals surface area contributed by atoms with E-state index >= 15 is 0 Å². The molecule has 0 saturated heterocycles. The second kappa shape index (κ2) is 12.1. The smallest absolute Gasteiger partial charge is 0.153 e. The SMILES string of the molecule is c1ccc2c(-c3c4ccccc4c(-c4ccc5cc(-c6ccc7sc8c9oc%10ccccc%10c9c9ccccc9c8c7c6)ccc5c4)c4ccccc34)cccc2c1. The zero-order valence-corrected chi connectivity index (χ0v) is 32.1. The average molecular weight is 753 g/mol. The van der Waals surface area contributed by atoms with Crippen LogP contribution in [0.25, 0.3) is 129 Å². The van der Waals surface area contributed by atoms with Crippen LogP contribution in [0, 0.1) is 0 Å². The summed E-state index contributed by atoms with van der Waals surface area (Å²) in [6, 6.07) is 71.5. The molecule has 13 rings (SSSR count). The highest BCUT2D eigenvalue weighted by molar-refractivity contribution is 7.26. The van der Waals surface area contributed by atoms with Gasteiger partial charge in [-0.2, -0.15) is 0 Å². The lowest BCUT2D eigenvalue weighted by atomic mass is 9.84. The van der Waals surface area contributed by atoms with Crippen LogP contribution < -0.4 is 0 Å². The summed E-state index contributed by atoms with van der Waals surface area (Å²) in [6.45, 7) is 0. The minimum absolute atomic E-state index is 0.937. The average Bonchev–Trinajstić information content (AvgIpc) is 3.87. The van der Waals surface area contributed by atoms with Gasteiger partial charge in [0.05, 0.1) is 4.70 Å². The minimum atomic E-state index is 0.937. The van der Waals surface area contributed by atoms with E-state index in [1.165, 1.54) is 118 Å². The van der Waals surface area contributed by atoms with E-state index in [0.717, 1.165) is 11.2 Å². The van der Waals surface area contributed by atoms with E-state index < -0.39 is 0 Å². The van der Waals surface area contributed by atoms with Crippen molar-refractivity contribution in [2.75, 3.05) is 0 Å². The Kier molecular flexibility index (Phi) is 6.66. The fourth-order valence-corrected chi connectivity index (χ4v) is 11.0. The first-order chi connectivity index (χ1) is 28.8. The summed E-state index contributed by atoms with van der Waals surface area (Å²) in [4.78, 5) is 0. The Morgan fingerprint density at radius 1 is 0.328 bits per heavy atom. The van der Waals surface area contributed by atoms with Crippen LogP contribution >= 0.6 is 11.3 Å². The largest absolute Gasteiger partial charge is 0.455 e. The zero-order chi connectivity index (χ0) is 37.9. The lowest BCUT2D eigenvalue weighted by Crippen LogP contribution is -1.91. The molecule has 0 saturated carbocycles. The summed E-state index contributed by atoms with van der Waals surface area (Å²) in [6.07, 6.45) is 0. The van der Waals surface area contributed by atoms with Crippen LogP contribution in [0.15, 0.2) is 199 Å². The summed E-state index contributed by atoms with van der Waals surface area (Å²) in [5.41, 5.74) is 9.43. The highest BCUT2D eigenvalue weighted by atomic mass is 32.1. The van der Waals surface area contributed by atoms with Crippen molar-refractivity contribution in [3.63, 3.8) is 0 Å². The molecule has 2 heterocycles. The molecule has 1 nitrogen and oxygen atoms in total. The van der Waals surface area contributed by atoms with Gasteiger partial charge in [0.25, 0.3) is 0 Å². The molecule has 58 heavy (non-hydrogen) atoms. The topological polar surface area (TPSA) is 13.1 Å². The first-order valence-electron chi connectivity index (χ1n) is 19.9. The quantitative estimate of drug-likeness (QED) is 0.164. The molecule has 0 aliphatic rings. The Morgan fingerprint density at radius 3 is 1.60 bits per heavy atom. The first-order valence-corrected chi connectivity index (χ1v) is 20.7. The van der Waals surface area contributed by atoms with Crippen LogP contribution in [0.4, 0.5) is 0 Å². The Labute approximate surface area is 337 Å². The fraction of sp³-hybridized carbons (Fsp3) is 0. The molecule has 11 aromatic carbocycles. The van der Waals surface area contributed by atoms with Crippen LogP contribution in [0.3, 0.4) is 0 Å². The summed E-state index contributed by atoms with van der Waals surface area (Å²) in [7, 11) is 0. The molecule has 0 bridgehead atoms. The van der Waals surface area contributed by atoms with Crippen LogP contribution in [-0.2, 0) is 0 Å². The standard InChI is InChI=1S/C56H32OS/c1-2-14-39-33(12-1)13-11-22-40(39)52-43-17-5-3-15-41(43)51(42-16-4-6-18-44(42)52)38-27-26-34-30-35(24-25-36(34)31-38)37-28-29-50-48(32-37)54-46-20-8-7-19-45(46)53-47-21-9-10-23-49(47)57-55(53)56(54)58-50/h1-32H. The van der Waals surface area contributed by atoms with Crippen LogP contribution in [-0.4, -0.2) is 0 Å². The van der Waals surface area contributed by atoms with Gasteiger partial charge >= 0.3 is 0 Å². The Hall–Kier alpha value is -7.26. The summed E-state index contributed by atoms with van der Waals surface area (Å²) < 4.78 is 9.09. The van der Waals surface area contributed by atoms with Gasteiger partial charge in [0, 0.05) is 26.2 Å². The molecule has 0 N–H and O–H groups in total. The molecule has 2 aromatic heterocycles. The van der Waals surface area contributed by atoms with Gasteiger partial charge in [-0.15, -0.1) is 11.3 Å². The molecule has 0 amide bonds. The monoisotopic (exact) mass is 752 g/mol. The molecular formula is C56H32OS. The van der Waals surface area contributed by atoms with Crippen LogP contribution in [0.5, 0.6) is 0 Å². The highest BCUT2D eigenvalue weighted by Gasteiger charge is 2.21. The van der Waals surface area contributed by atoms with Gasteiger partial charge in [-0.3, -0.25) is 0 Å². The number of hydrogen-bond donors (Lipinski definition) is 0. The fourth-order valence-electron chi connectivity index (χ4n) is 9.85. The highest BCUT2D eigenvalue weighted by Crippen LogP contribution is 2.49. The lowest BCUT2D eigenvalue weighted by molar-refractivity contribution is 0.673. The van der Waals surface area contributed by atoms with Crippen molar-refractivity contribution in [2.45, 2.75) is 0 Å². The summed E-state index contributed by atoms with van der Waals surface area (Å²) >= 11 is 1.83. The van der Waals surface area contributed by atoms with E-state index in [-0.39, 0.29) is 0 Å². The van der Waals surface area contributed by atoms with Gasteiger partial charge in [-0.1, -0.05) is 164 Å². The number of rotatable bonds is 3. The molecule has 268 valence electrons. The van der Waals surface area contributed by atoms with Gasteiger partial charge in [0.2, 0.25) is 0 Å². The van der Waals surface area contributed by atoms with Crippen molar-refractivity contribution in [1.29, 1.82) is 0 Å². The predicted octanol–water partition coefficient (Wildman–Crippen LogP) is 16.7. The van der Waals surface area contributed by atoms with Crippen molar-refractivity contribution < 1.29 is 4.42 Å². The Morgan fingerprint density at radius 2 is 0.862 bits per heavy atom. The van der Waals surface area contributed by atoms with Crippen molar-refractivity contribution in [3.8, 4) is 33.4 Å². The van der Waals surface area contributed by atoms with E-state index in [1.807, 2.05) is 11.3 Å². The van der Waals surface area contributed by atoms with Gasteiger partial charge in [0.1, 0.15) is 5.58 Å². The van der Waals surface area contributed by atoms with Gasteiger partial charge in [0.15, 0.2) is 5.58 Å². The van der Waals surface area contributed by atoms with Gasteiger partial charge in [-0.05, 0) is 118 Å². The Bertz CT molecular complexity index is 3800. The Balaban J connectivity index is 0.971. The van der Waals surface area contributed by atoms with Crippen LogP contribution in [0.1, 0.15) is 0 Å². The molecule has 0 fully saturated rings. The summed E-state index contributed by atoms with van der Waals surface area (Å²) in [5.74, 6) is 0. The second-order valence-corrected chi connectivity index (χ2v) is 16.6. The molecule has 0 radical (unpaired) electrons. The third-order valence-electron chi connectivity index (χ3n) is 12.4. The molecule has 2 heteroatoms. The maximum absolute atomic E-state index is 6.61. The number of benzene rings is 11. The van der Waals surface area contributed by atoms with E-state index in [1.54, 1.807) is 0 Å². The number of thiophene rings is 1. The first kappa shape index (κ1) is 31.9. The zero-order valence-electron chi connectivity index (χ0n) is 31.3. The van der Waals surface area contributed by atoms with Crippen molar-refractivity contribution in [3.05, 3.63) is 194 Å². The van der Waals surface area contributed by atoms with Crippen molar-refractivity contribution in [2.24, 2.45) is 0 Å². The number of hydrogen-bond acceptors (Lipinski definition) is 2. The minimum Gasteiger partial charge on any atom is -0.455 e. The number of fused-ring (bicyclic) bond motifs is 14. The van der Waals surface area contributed by atoms with Gasteiger partial charge in [-0.25, -0.2) is 0 Å². The van der Waals surface area contributed by atoms with E-state index in [0.29, 0.717) is 0 Å². The predicted molar refractivity (Wildman–Crippen MR) is 250 cm³/mol. The molecule has 0 spiro atoms. The van der Waals surface area contributed by atoms with E-state index in [2.05, 4.69) is 194 Å². The molecule has 0 atom stereocenters. The maximum atomic E-state index is 6.61. The lowest BCUT2D eigenvalue weighted by Gasteiger charge is -2.19. The molecular weight excluding hydrogens is 721 g/mol. The second-order valence-electron chi connectivity index (χ2n) is 15.5.